The Kier molecular flexibility index (Phi) is 6.08. The largest absolute Gasteiger partial charge is 0.505 e. The van der Waals surface area contributed by atoms with Gasteiger partial charge in [0.1, 0.15) is 17.3 Å². The van der Waals surface area contributed by atoms with Crippen LogP contribution in [0.3, 0.4) is 0 Å². The zero-order valence-corrected chi connectivity index (χ0v) is 16.3. The number of amides is 1. The van der Waals surface area contributed by atoms with Crippen LogP contribution in [0.5, 0.6) is 11.5 Å². The smallest absolute Gasteiger partial charge is 0.271 e. The van der Waals surface area contributed by atoms with Crippen LogP contribution in [0.15, 0.2) is 53.2 Å². The van der Waals surface area contributed by atoms with E-state index >= 15 is 0 Å². The van der Waals surface area contributed by atoms with Crippen molar-refractivity contribution in [2.24, 2.45) is 4.99 Å². The molecule has 0 radical (unpaired) electrons. The van der Waals surface area contributed by atoms with E-state index in [1.807, 2.05) is 24.3 Å². The van der Waals surface area contributed by atoms with Crippen molar-refractivity contribution in [3.05, 3.63) is 63.8 Å². The Balaban J connectivity index is 1.69. The highest BCUT2D eigenvalue weighted by Crippen LogP contribution is 2.34. The predicted molar refractivity (Wildman–Crippen MR) is 108 cm³/mol. The summed E-state index contributed by atoms with van der Waals surface area (Å²) in [6.07, 6.45) is 0.529. The molecule has 9 heteroatoms. The molecule has 0 spiro atoms. The first kappa shape index (κ1) is 20.0. The van der Waals surface area contributed by atoms with Gasteiger partial charge in [0.15, 0.2) is 12.0 Å². The minimum atomic E-state index is -1.15. The molecular formula is C19H17Cl2N3O4. The monoisotopic (exact) mass is 421 g/mol. The fourth-order valence-electron chi connectivity index (χ4n) is 2.57. The van der Waals surface area contributed by atoms with Crippen LogP contribution in [-0.4, -0.2) is 35.3 Å². The van der Waals surface area contributed by atoms with Crippen LogP contribution in [0.4, 0.5) is 5.69 Å². The average Bonchev–Trinajstić information content (AvgIpc) is 2.66. The third-order valence-electron chi connectivity index (χ3n) is 3.93. The molecule has 1 aliphatic rings. The second kappa shape index (κ2) is 8.52. The molecule has 0 aromatic heterocycles. The Labute approximate surface area is 171 Å². The molecule has 2 aromatic rings. The molecule has 28 heavy (non-hydrogen) atoms. The summed E-state index contributed by atoms with van der Waals surface area (Å²) in [6, 6.07) is 10.1. The molecule has 1 unspecified atom stereocenters. The fraction of sp³-hybridized carbons (Fsp3) is 0.158. The maximum absolute atomic E-state index is 12.5. The van der Waals surface area contributed by atoms with Gasteiger partial charge in [0, 0.05) is 12.1 Å². The number of aromatic hydroxyl groups is 1. The first-order valence-corrected chi connectivity index (χ1v) is 8.97. The number of aliphatic imine (C=N–C) groups is 1. The molecule has 0 saturated heterocycles. The molecule has 0 bridgehead atoms. The number of benzene rings is 2. The number of hydrogen-bond acceptors (Lipinski definition) is 6. The van der Waals surface area contributed by atoms with Crippen molar-refractivity contribution < 1.29 is 19.7 Å². The summed E-state index contributed by atoms with van der Waals surface area (Å²) in [4.78, 5) is 16.6. The summed E-state index contributed by atoms with van der Waals surface area (Å²) in [5.41, 5.74) is 1.36. The van der Waals surface area contributed by atoms with Crippen molar-refractivity contribution in [3.63, 3.8) is 0 Å². The molecule has 0 fully saturated rings. The van der Waals surface area contributed by atoms with Crippen molar-refractivity contribution in [3.8, 4) is 11.5 Å². The molecule has 2 aromatic carbocycles. The van der Waals surface area contributed by atoms with Crippen LogP contribution in [0.2, 0.25) is 10.0 Å². The lowest BCUT2D eigenvalue weighted by atomic mass is 10.1. The first-order chi connectivity index (χ1) is 13.4. The van der Waals surface area contributed by atoms with Crippen LogP contribution < -0.4 is 15.4 Å². The number of nitrogens with one attached hydrogen (secondary N) is 2. The summed E-state index contributed by atoms with van der Waals surface area (Å²) in [5, 5.41) is 25.1. The maximum Gasteiger partial charge on any atom is 0.271 e. The lowest BCUT2D eigenvalue weighted by Crippen LogP contribution is -2.36. The number of hydrogen-bond donors (Lipinski definition) is 4. The minimum absolute atomic E-state index is 0.00942. The Hall–Kier alpha value is -2.74. The van der Waals surface area contributed by atoms with Gasteiger partial charge in [0.05, 0.1) is 17.2 Å². The van der Waals surface area contributed by atoms with E-state index < -0.39 is 12.1 Å². The number of phenolic OH excluding ortho intramolecular Hbond substituents is 1. The van der Waals surface area contributed by atoms with Gasteiger partial charge in [-0.05, 0) is 35.9 Å². The summed E-state index contributed by atoms with van der Waals surface area (Å²) in [5.74, 6) is 0.389. The zero-order chi connectivity index (χ0) is 20.3. The van der Waals surface area contributed by atoms with Gasteiger partial charge in [-0.1, -0.05) is 35.3 Å². The summed E-state index contributed by atoms with van der Waals surface area (Å²) in [7, 11) is 1.59. The maximum atomic E-state index is 12.5. The van der Waals surface area contributed by atoms with Gasteiger partial charge < -0.3 is 25.6 Å². The van der Waals surface area contributed by atoms with Crippen molar-refractivity contribution in [2.75, 3.05) is 12.4 Å². The van der Waals surface area contributed by atoms with E-state index in [0.717, 1.165) is 11.3 Å². The van der Waals surface area contributed by atoms with Gasteiger partial charge in [-0.25, -0.2) is 4.99 Å². The molecule has 0 saturated carbocycles. The molecule has 4 N–H and O–H groups in total. The van der Waals surface area contributed by atoms with Crippen LogP contribution in [0.25, 0.3) is 0 Å². The summed E-state index contributed by atoms with van der Waals surface area (Å²) >= 11 is 11.7. The van der Waals surface area contributed by atoms with E-state index in [1.54, 1.807) is 7.11 Å². The van der Waals surface area contributed by atoms with Gasteiger partial charge in [0.25, 0.3) is 5.91 Å². The average molecular weight is 422 g/mol. The third-order valence-corrected chi connectivity index (χ3v) is 4.51. The molecule has 3 rings (SSSR count). The Morgan fingerprint density at radius 2 is 1.89 bits per heavy atom. The molecule has 0 aliphatic carbocycles. The number of ether oxygens (including phenoxy) is 1. The number of halogens is 2. The van der Waals surface area contributed by atoms with E-state index in [2.05, 4.69) is 15.6 Å². The number of phenols is 1. The molecule has 1 aliphatic heterocycles. The Morgan fingerprint density at radius 1 is 1.25 bits per heavy atom. The van der Waals surface area contributed by atoms with E-state index in [-0.39, 0.29) is 21.5 Å². The van der Waals surface area contributed by atoms with E-state index in [1.165, 1.54) is 18.2 Å². The molecule has 1 atom stereocenters. The summed E-state index contributed by atoms with van der Waals surface area (Å²) < 4.78 is 5.12. The summed E-state index contributed by atoms with van der Waals surface area (Å²) in [6.45, 7) is 0. The van der Waals surface area contributed by atoms with Crippen molar-refractivity contribution >= 4 is 40.6 Å². The van der Waals surface area contributed by atoms with Gasteiger partial charge in [0.2, 0.25) is 0 Å². The minimum Gasteiger partial charge on any atom is -0.505 e. The quantitative estimate of drug-likeness (QED) is 0.555. The lowest BCUT2D eigenvalue weighted by molar-refractivity contribution is -0.113. The number of rotatable bonds is 5. The lowest BCUT2D eigenvalue weighted by Gasteiger charge is -2.20. The van der Waals surface area contributed by atoms with Crippen LogP contribution in [0, 0.1) is 0 Å². The van der Waals surface area contributed by atoms with E-state index in [4.69, 9.17) is 27.9 Å². The number of nitrogens with zero attached hydrogens (tertiary/aromatic N) is 1. The highest BCUT2D eigenvalue weighted by atomic mass is 35.5. The number of methoxy groups -OCH3 is 1. The van der Waals surface area contributed by atoms with Crippen molar-refractivity contribution in [1.82, 2.24) is 5.32 Å². The van der Waals surface area contributed by atoms with E-state index in [0.29, 0.717) is 17.9 Å². The first-order valence-electron chi connectivity index (χ1n) is 8.21. The van der Waals surface area contributed by atoms with Crippen LogP contribution >= 0.6 is 23.2 Å². The highest BCUT2D eigenvalue weighted by Gasteiger charge is 2.20. The third kappa shape index (κ3) is 4.75. The van der Waals surface area contributed by atoms with Crippen molar-refractivity contribution in [1.29, 1.82) is 0 Å². The van der Waals surface area contributed by atoms with Crippen LogP contribution in [0.1, 0.15) is 5.56 Å². The normalized spacial score (nSPS) is 15.9. The zero-order valence-electron chi connectivity index (χ0n) is 14.7. The Bertz CT molecular complexity index is 935. The number of carbonyl (C=O) groups is 1. The number of anilines is 1. The fourth-order valence-corrected chi connectivity index (χ4v) is 3.06. The molecule has 146 valence electrons. The molecule has 1 amide bonds. The van der Waals surface area contributed by atoms with Gasteiger partial charge in [-0.3, -0.25) is 4.79 Å². The van der Waals surface area contributed by atoms with Gasteiger partial charge in [-0.15, -0.1) is 0 Å². The number of aliphatic hydroxyl groups excluding tert-OH is 1. The number of aliphatic hydroxyl groups is 1. The number of amidine groups is 1. The van der Waals surface area contributed by atoms with Crippen molar-refractivity contribution in [2.45, 2.75) is 12.6 Å². The topological polar surface area (TPSA) is 103 Å². The van der Waals surface area contributed by atoms with Crippen LogP contribution in [-0.2, 0) is 11.2 Å². The second-order valence-corrected chi connectivity index (χ2v) is 6.78. The van der Waals surface area contributed by atoms with Gasteiger partial charge in [-0.2, -0.15) is 0 Å². The number of carbonyl (C=O) groups excluding carboxylic acids is 1. The highest BCUT2D eigenvalue weighted by molar-refractivity contribution is 6.37. The molecular weight excluding hydrogens is 405 g/mol. The SMILES string of the molecule is COc1ccc(CC2=NC(O)C=C(C(=O)Nc3cc(Cl)c(O)c(Cl)c3)N2)cc1. The van der Waals surface area contributed by atoms with E-state index in [9.17, 15) is 15.0 Å². The predicted octanol–water partition coefficient (Wildman–Crippen LogP) is 3.09. The van der Waals surface area contributed by atoms with Gasteiger partial charge >= 0.3 is 0 Å². The molecule has 7 nitrogen and oxygen atoms in total. The standard InChI is InChI=1S/C19H17Cl2N3O4/c1-28-12-4-2-10(3-5-12)6-16-23-15(9-17(25)24-16)19(27)22-11-7-13(20)18(26)14(21)8-11/h2-5,7-9,17,25-26H,6H2,1H3,(H,22,27)(H,23,24). The Morgan fingerprint density at radius 3 is 2.50 bits per heavy atom. The molecule has 1 heterocycles. The second-order valence-electron chi connectivity index (χ2n) is 5.96.